The lowest BCUT2D eigenvalue weighted by Gasteiger charge is -2.08. The Kier molecular flexibility index (Phi) is 4.95. The van der Waals surface area contributed by atoms with Gasteiger partial charge >= 0.3 is 0 Å². The number of rotatable bonds is 6. The van der Waals surface area contributed by atoms with Crippen LogP contribution >= 0.6 is 0 Å². The van der Waals surface area contributed by atoms with E-state index >= 15 is 0 Å². The fourth-order valence-corrected chi connectivity index (χ4v) is 1.32. The molecule has 3 heteroatoms. The molecule has 0 atom stereocenters. The molecule has 0 aliphatic heterocycles. The minimum Gasteiger partial charge on any atom is -0.493 e. The molecule has 0 aromatic carbocycles. The van der Waals surface area contributed by atoms with Crippen molar-refractivity contribution in [3.63, 3.8) is 0 Å². The van der Waals surface area contributed by atoms with Crippen LogP contribution < -0.4 is 10.1 Å². The van der Waals surface area contributed by atoms with Crippen LogP contribution in [0.15, 0.2) is 18.3 Å². The van der Waals surface area contributed by atoms with Crippen molar-refractivity contribution in [1.82, 2.24) is 4.98 Å². The van der Waals surface area contributed by atoms with E-state index in [2.05, 4.69) is 24.1 Å². The molecular weight excluding hydrogens is 188 g/mol. The molecule has 0 fully saturated rings. The van der Waals surface area contributed by atoms with Crippen LogP contribution in [0.5, 0.6) is 5.75 Å². The van der Waals surface area contributed by atoms with Crippen molar-refractivity contribution in [2.75, 3.05) is 19.0 Å². The topological polar surface area (TPSA) is 34.1 Å². The Labute approximate surface area is 91.9 Å². The highest BCUT2D eigenvalue weighted by atomic mass is 16.5. The number of aromatic nitrogens is 1. The minimum atomic E-state index is 0.749. The van der Waals surface area contributed by atoms with E-state index in [-0.39, 0.29) is 0 Å². The lowest BCUT2D eigenvalue weighted by atomic mass is 10.1. The van der Waals surface area contributed by atoms with Gasteiger partial charge in [-0.25, -0.2) is 4.98 Å². The molecule has 0 aliphatic rings. The Morgan fingerprint density at radius 3 is 2.93 bits per heavy atom. The van der Waals surface area contributed by atoms with Crippen molar-refractivity contribution in [2.24, 2.45) is 5.92 Å². The van der Waals surface area contributed by atoms with E-state index in [4.69, 9.17) is 4.74 Å². The number of pyridine rings is 1. The summed E-state index contributed by atoms with van der Waals surface area (Å²) in [7, 11) is 1.85. The second kappa shape index (κ2) is 6.27. The number of nitrogens with one attached hydrogen (secondary N) is 1. The maximum Gasteiger partial charge on any atom is 0.129 e. The molecule has 0 radical (unpaired) electrons. The summed E-state index contributed by atoms with van der Waals surface area (Å²) >= 11 is 0. The van der Waals surface area contributed by atoms with Crippen LogP contribution in [0, 0.1) is 5.92 Å². The quantitative estimate of drug-likeness (QED) is 0.730. The van der Waals surface area contributed by atoms with Gasteiger partial charge in [0.25, 0.3) is 0 Å². The van der Waals surface area contributed by atoms with Gasteiger partial charge in [-0.2, -0.15) is 0 Å². The molecule has 0 spiro atoms. The third-order valence-electron chi connectivity index (χ3n) is 2.18. The van der Waals surface area contributed by atoms with E-state index < -0.39 is 0 Å². The van der Waals surface area contributed by atoms with Crippen molar-refractivity contribution in [2.45, 2.75) is 26.7 Å². The predicted molar refractivity (Wildman–Crippen MR) is 63.4 cm³/mol. The van der Waals surface area contributed by atoms with E-state index in [1.807, 2.05) is 19.2 Å². The van der Waals surface area contributed by atoms with Crippen molar-refractivity contribution in [3.8, 4) is 5.75 Å². The second-order valence-corrected chi connectivity index (χ2v) is 4.01. The molecule has 0 unspecified atom stereocenters. The average molecular weight is 208 g/mol. The van der Waals surface area contributed by atoms with Gasteiger partial charge < -0.3 is 10.1 Å². The molecule has 1 aromatic heterocycles. The van der Waals surface area contributed by atoms with Gasteiger partial charge in [0.15, 0.2) is 0 Å². The Morgan fingerprint density at radius 1 is 1.47 bits per heavy atom. The molecule has 0 bridgehead atoms. The first kappa shape index (κ1) is 11.8. The first-order valence-electron chi connectivity index (χ1n) is 5.49. The maximum atomic E-state index is 5.62. The molecule has 0 amide bonds. The fourth-order valence-electron chi connectivity index (χ4n) is 1.32. The van der Waals surface area contributed by atoms with Crippen molar-refractivity contribution < 1.29 is 4.74 Å². The fraction of sp³-hybridized carbons (Fsp3) is 0.583. The normalized spacial score (nSPS) is 10.4. The summed E-state index contributed by atoms with van der Waals surface area (Å²) in [5.41, 5.74) is 0. The average Bonchev–Trinajstić information content (AvgIpc) is 2.24. The summed E-state index contributed by atoms with van der Waals surface area (Å²) in [5, 5.41) is 2.98. The van der Waals surface area contributed by atoms with Crippen LogP contribution in [-0.2, 0) is 0 Å². The number of nitrogens with zero attached hydrogens (tertiary/aromatic N) is 1. The van der Waals surface area contributed by atoms with Crippen LogP contribution in [0.2, 0.25) is 0 Å². The van der Waals surface area contributed by atoms with Crippen molar-refractivity contribution >= 4 is 5.82 Å². The largest absolute Gasteiger partial charge is 0.493 e. The van der Waals surface area contributed by atoms with Gasteiger partial charge in [0.05, 0.1) is 6.61 Å². The summed E-state index contributed by atoms with van der Waals surface area (Å²) in [6.45, 7) is 5.24. The molecule has 3 nitrogen and oxygen atoms in total. The zero-order valence-corrected chi connectivity index (χ0v) is 9.79. The lowest BCUT2D eigenvalue weighted by Crippen LogP contribution is -2.00. The molecule has 0 aliphatic carbocycles. The molecular formula is C12H20N2O. The molecule has 1 aromatic rings. The standard InChI is InChI=1S/C12H20N2O/c1-10(2)5-4-8-15-11-6-7-14-12(9-11)13-3/h6-7,9-10H,4-5,8H2,1-3H3,(H,13,14). The zero-order valence-electron chi connectivity index (χ0n) is 9.79. The first-order valence-corrected chi connectivity index (χ1v) is 5.49. The lowest BCUT2D eigenvalue weighted by molar-refractivity contribution is 0.297. The summed E-state index contributed by atoms with van der Waals surface area (Å²) in [4.78, 5) is 4.12. The molecule has 0 saturated heterocycles. The summed E-state index contributed by atoms with van der Waals surface area (Å²) < 4.78 is 5.62. The smallest absolute Gasteiger partial charge is 0.129 e. The van der Waals surface area contributed by atoms with Gasteiger partial charge in [0.2, 0.25) is 0 Å². The number of hydrogen-bond donors (Lipinski definition) is 1. The van der Waals surface area contributed by atoms with Crippen LogP contribution in [0.4, 0.5) is 5.82 Å². The van der Waals surface area contributed by atoms with Crippen LogP contribution in [0.25, 0.3) is 0 Å². The number of anilines is 1. The van der Waals surface area contributed by atoms with Crippen LogP contribution in [0.1, 0.15) is 26.7 Å². The van der Waals surface area contributed by atoms with E-state index in [9.17, 15) is 0 Å². The maximum absolute atomic E-state index is 5.62. The van der Waals surface area contributed by atoms with E-state index in [0.717, 1.165) is 30.5 Å². The van der Waals surface area contributed by atoms with E-state index in [1.54, 1.807) is 6.20 Å². The molecule has 0 saturated carbocycles. The van der Waals surface area contributed by atoms with Crippen molar-refractivity contribution in [1.29, 1.82) is 0 Å². The Bertz CT molecular complexity index is 287. The molecule has 15 heavy (non-hydrogen) atoms. The molecule has 1 rings (SSSR count). The zero-order chi connectivity index (χ0) is 11.1. The van der Waals surface area contributed by atoms with Gasteiger partial charge in [-0.3, -0.25) is 0 Å². The van der Waals surface area contributed by atoms with Crippen molar-refractivity contribution in [3.05, 3.63) is 18.3 Å². The third-order valence-corrected chi connectivity index (χ3v) is 2.18. The first-order chi connectivity index (χ1) is 7.22. The van der Waals surface area contributed by atoms with Gasteiger partial charge in [0.1, 0.15) is 11.6 Å². The van der Waals surface area contributed by atoms with E-state index in [1.165, 1.54) is 6.42 Å². The minimum absolute atomic E-state index is 0.749. The highest BCUT2D eigenvalue weighted by Crippen LogP contribution is 2.14. The van der Waals surface area contributed by atoms with Gasteiger partial charge in [0, 0.05) is 19.3 Å². The third kappa shape index (κ3) is 4.68. The molecule has 1 N–H and O–H groups in total. The predicted octanol–water partition coefficient (Wildman–Crippen LogP) is 2.94. The number of hydrogen-bond acceptors (Lipinski definition) is 3. The van der Waals surface area contributed by atoms with Crippen LogP contribution in [-0.4, -0.2) is 18.6 Å². The highest BCUT2D eigenvalue weighted by Gasteiger charge is 1.97. The Balaban J connectivity index is 2.30. The summed E-state index contributed by atoms with van der Waals surface area (Å²) in [6.07, 6.45) is 4.07. The molecule has 1 heterocycles. The van der Waals surface area contributed by atoms with Gasteiger partial charge in [-0.05, 0) is 24.8 Å². The van der Waals surface area contributed by atoms with Crippen LogP contribution in [0.3, 0.4) is 0 Å². The number of ether oxygens (including phenoxy) is 1. The summed E-state index contributed by atoms with van der Waals surface area (Å²) in [5.74, 6) is 2.48. The molecule has 84 valence electrons. The van der Waals surface area contributed by atoms with Gasteiger partial charge in [-0.15, -0.1) is 0 Å². The van der Waals surface area contributed by atoms with Gasteiger partial charge in [-0.1, -0.05) is 13.8 Å². The Morgan fingerprint density at radius 2 is 2.27 bits per heavy atom. The summed E-state index contributed by atoms with van der Waals surface area (Å²) in [6, 6.07) is 3.80. The Hall–Kier alpha value is -1.25. The highest BCUT2D eigenvalue weighted by molar-refractivity contribution is 5.39. The second-order valence-electron chi connectivity index (χ2n) is 4.01. The SMILES string of the molecule is CNc1cc(OCCCC(C)C)ccn1. The monoisotopic (exact) mass is 208 g/mol. The van der Waals surface area contributed by atoms with E-state index in [0.29, 0.717) is 0 Å².